The number of hydrogen-bond acceptors (Lipinski definition) is 18. The van der Waals surface area contributed by atoms with Gasteiger partial charge in [-0.2, -0.15) is 8.42 Å². The molecule has 4 aromatic carbocycles. The third kappa shape index (κ3) is 30.0. The van der Waals surface area contributed by atoms with Crippen molar-refractivity contribution in [1.82, 2.24) is 0 Å². The normalized spacial score (nSPS) is 9.26. The van der Waals surface area contributed by atoms with Gasteiger partial charge in [-0.1, -0.05) is 46.4 Å². The Labute approximate surface area is 466 Å². The maximum Gasteiger partial charge on any atom is 1.00 e. The second kappa shape index (κ2) is 37.1. The van der Waals surface area contributed by atoms with E-state index in [0.717, 1.165) is 0 Å². The van der Waals surface area contributed by atoms with Crippen molar-refractivity contribution in [2.45, 2.75) is 27.7 Å². The summed E-state index contributed by atoms with van der Waals surface area (Å²) in [5.41, 5.74) is 13.0. The predicted octanol–water partition coefficient (Wildman–Crippen LogP) is 6.14. The number of rotatable bonds is 10. The molecule has 0 aliphatic rings. The number of nitrogens with one attached hydrogen (secondary N) is 2. The summed E-state index contributed by atoms with van der Waals surface area (Å²) in [5.74, 6) is 2.84. The van der Waals surface area contributed by atoms with Gasteiger partial charge in [0.25, 0.3) is 0 Å². The molecule has 0 unspecified atom stereocenters. The molecule has 4 aromatic rings. The molecule has 0 radical (unpaired) electrons. The molecule has 20 nitrogen and oxygen atoms in total. The molecule has 0 aliphatic heterocycles. The van der Waals surface area contributed by atoms with E-state index in [-0.39, 0.29) is 90.1 Å². The number of methoxy groups -OCH3 is 8. The van der Waals surface area contributed by atoms with E-state index < -0.39 is 20.2 Å². The van der Waals surface area contributed by atoms with Gasteiger partial charge in [0.15, 0.2) is 0 Å². The van der Waals surface area contributed by atoms with Crippen LogP contribution in [0, 0.1) is 0 Å². The molecule has 0 bridgehead atoms. The summed E-state index contributed by atoms with van der Waals surface area (Å²) in [6, 6.07) is 13.6. The van der Waals surface area contributed by atoms with Crippen LogP contribution in [-0.4, -0.2) is 94.5 Å². The summed E-state index contributed by atoms with van der Waals surface area (Å²) in [6.45, 7) is 5.17. The van der Waals surface area contributed by atoms with Crippen LogP contribution in [0.2, 0.25) is 20.1 Å². The number of carbonyl (C=O) groups is 4. The summed E-state index contributed by atoms with van der Waals surface area (Å²) in [4.78, 5) is 41.4. The van der Waals surface area contributed by atoms with Gasteiger partial charge >= 0.3 is 71.6 Å². The van der Waals surface area contributed by atoms with Crippen molar-refractivity contribution >= 4 is 123 Å². The minimum atomic E-state index is -3.72. The fraction of sp³-hybridized carbons (Fsp3) is 0.300. The molecule has 4 rings (SSSR count). The van der Waals surface area contributed by atoms with Crippen molar-refractivity contribution in [2.75, 3.05) is 79.0 Å². The Kier molecular flexibility index (Phi) is 38.7. The van der Waals surface area contributed by atoms with Crippen LogP contribution >= 0.6 is 67.8 Å². The SMILES string of the molecule is CC(=O)OC(C)=O.COc1cc(N)cc(OC)c1.COc1cc(NC(C)=O)cc(OC)c1.COc1cc(OC)c(Cl)c(N)c1Cl.COc1cc(OC)c(Cl)c(NC(C)=O)c1Cl.O=S(=O)(Cl)Cl.[K+].[OH-]. The molecule has 2 amide bonds. The van der Waals surface area contributed by atoms with Crippen LogP contribution in [0.15, 0.2) is 48.5 Å². The van der Waals surface area contributed by atoms with Crippen LogP contribution in [0.5, 0.6) is 46.0 Å². The molecule has 68 heavy (non-hydrogen) atoms. The van der Waals surface area contributed by atoms with E-state index in [4.69, 9.17) is 104 Å². The number of halogens is 6. The van der Waals surface area contributed by atoms with E-state index in [1.165, 1.54) is 56.1 Å². The minimum Gasteiger partial charge on any atom is -0.870 e. The van der Waals surface area contributed by atoms with E-state index in [1.807, 2.05) is 0 Å². The van der Waals surface area contributed by atoms with Gasteiger partial charge in [0.1, 0.15) is 66.1 Å². The average molecular weight is 1130 g/mol. The molecule has 28 heteroatoms. The summed E-state index contributed by atoms with van der Waals surface area (Å²) in [5, 5.41) is 6.26. The number of anilines is 4. The Hall–Kier alpha value is -3.75. The van der Waals surface area contributed by atoms with E-state index >= 15 is 0 Å². The minimum absolute atomic E-state index is 0. The fourth-order valence-electron chi connectivity index (χ4n) is 4.19. The first-order valence-corrected chi connectivity index (χ1v) is 22.4. The topological polar surface area (TPSA) is 292 Å². The largest absolute Gasteiger partial charge is 1.00 e. The van der Waals surface area contributed by atoms with Gasteiger partial charge in [-0.15, -0.1) is 0 Å². The quantitative estimate of drug-likeness (QED) is 0.0456. The van der Waals surface area contributed by atoms with Crippen molar-refractivity contribution in [3.05, 3.63) is 68.6 Å². The number of benzene rings is 4. The number of hydrogen-bond donors (Lipinski definition) is 4. The van der Waals surface area contributed by atoms with Gasteiger partial charge in [-0.25, -0.2) is 0 Å². The zero-order chi connectivity index (χ0) is 51.5. The Bertz CT molecular complexity index is 2230. The summed E-state index contributed by atoms with van der Waals surface area (Å²) in [6.07, 6.45) is 0. The zero-order valence-corrected chi connectivity index (χ0v) is 47.5. The molecule has 7 N–H and O–H groups in total. The molecule has 0 heterocycles. The van der Waals surface area contributed by atoms with Gasteiger partial charge in [-0.05, 0) is 0 Å². The third-order valence-corrected chi connectivity index (χ3v) is 8.35. The van der Waals surface area contributed by atoms with Crippen LogP contribution in [0.25, 0.3) is 0 Å². The molecule has 0 atom stereocenters. The van der Waals surface area contributed by atoms with Gasteiger partial charge < -0.3 is 70.2 Å². The second-order valence-corrected chi connectivity index (χ2v) is 16.9. The molecule has 0 spiro atoms. The molecular formula is C40H51Cl6KN4O16S. The summed E-state index contributed by atoms with van der Waals surface area (Å²) >= 11 is 23.7. The molecular weight excluding hydrogens is 1080 g/mol. The van der Waals surface area contributed by atoms with E-state index in [2.05, 4.69) is 36.7 Å². The fourth-order valence-corrected chi connectivity index (χ4v) is 5.29. The van der Waals surface area contributed by atoms with Crippen molar-refractivity contribution in [3.8, 4) is 46.0 Å². The number of nitrogens with two attached hydrogens (primary N) is 2. The summed E-state index contributed by atoms with van der Waals surface area (Å²) < 4.78 is 62.4. The Morgan fingerprint density at radius 3 is 1.00 bits per heavy atom. The van der Waals surface area contributed by atoms with Crippen molar-refractivity contribution in [3.63, 3.8) is 0 Å². The van der Waals surface area contributed by atoms with Crippen LogP contribution in [0.1, 0.15) is 27.7 Å². The number of esters is 2. The Morgan fingerprint density at radius 1 is 0.485 bits per heavy atom. The van der Waals surface area contributed by atoms with Crippen molar-refractivity contribution in [1.29, 1.82) is 0 Å². The molecule has 0 saturated carbocycles. The molecule has 0 aromatic heterocycles. The third-order valence-electron chi connectivity index (χ3n) is 6.82. The number of ether oxygens (including phenoxy) is 9. The average Bonchev–Trinajstić information content (AvgIpc) is 3.23. The molecule has 0 fully saturated rings. The van der Waals surface area contributed by atoms with Gasteiger partial charge in [-0.3, -0.25) is 19.2 Å². The number of amides is 2. The maximum atomic E-state index is 11.0. The molecule has 0 saturated heterocycles. The molecule has 376 valence electrons. The van der Waals surface area contributed by atoms with Crippen molar-refractivity contribution < 1.29 is 127 Å². The summed E-state index contributed by atoms with van der Waals surface area (Å²) in [7, 11) is 17.0. The van der Waals surface area contributed by atoms with Gasteiger partial charge in [0.05, 0.1) is 68.3 Å². The Balaban J connectivity index is -0.000000371. The maximum absolute atomic E-state index is 11.0. The van der Waals surface area contributed by atoms with Gasteiger partial charge in [0.2, 0.25) is 11.8 Å². The van der Waals surface area contributed by atoms with E-state index in [9.17, 15) is 19.2 Å². The molecule has 0 aliphatic carbocycles. The first kappa shape index (κ1) is 70.8. The van der Waals surface area contributed by atoms with Crippen LogP contribution in [0.3, 0.4) is 0 Å². The number of carbonyl (C=O) groups excluding carboxylic acids is 4. The second-order valence-electron chi connectivity index (χ2n) is 11.7. The number of nitrogen functional groups attached to an aromatic ring is 2. The van der Waals surface area contributed by atoms with E-state index in [0.29, 0.717) is 67.4 Å². The standard InChI is InChI=1S/C10H11Cl2NO3.C10H13NO3.C8H9Cl2NO2.C8H11NO2.C4H6O3.Cl2O2S.K.H2O/c1-5(14)13-10-8(11)6(15-2)4-7(16-3)9(10)12;1-7(12)11-8-4-9(13-2)6-10(5-8)14-3;1-12-4-3-5(13-2)7(10)8(11)6(4)9;1-10-7-3-6(9)4-8(5-7)11-2;1-3(5)7-4(2)6;1-5(2,3)4;;/h4H,1-3H3,(H,13,14);4-6H,1-3H3,(H,11,12);3H,11H2,1-2H3;3-5H,9H2,1-2H3;1-2H3;;;1H2/q;;;;;;+1;/p-1. The smallest absolute Gasteiger partial charge is 0.870 e. The van der Waals surface area contributed by atoms with E-state index in [1.54, 1.807) is 77.0 Å². The van der Waals surface area contributed by atoms with Crippen molar-refractivity contribution in [2.24, 2.45) is 0 Å². The zero-order valence-electron chi connectivity index (χ0n) is 39.0. The van der Waals surface area contributed by atoms with Crippen LogP contribution in [0.4, 0.5) is 22.7 Å². The first-order chi connectivity index (χ1) is 30.7. The monoisotopic (exact) mass is 1120 g/mol. The van der Waals surface area contributed by atoms with Gasteiger partial charge in [0, 0.05) is 109 Å². The Morgan fingerprint density at radius 2 is 0.765 bits per heavy atom. The van der Waals surface area contributed by atoms with Crippen LogP contribution in [-0.2, 0) is 32.2 Å². The predicted molar refractivity (Wildman–Crippen MR) is 261 cm³/mol. The first-order valence-electron chi connectivity index (χ1n) is 17.7. The van der Waals surface area contributed by atoms with Crippen LogP contribution < -0.4 is 111 Å².